The van der Waals surface area contributed by atoms with E-state index in [1.807, 2.05) is 6.20 Å². The number of nitrogens with one attached hydrogen (secondary N) is 2. The van der Waals surface area contributed by atoms with Crippen LogP contribution in [0.5, 0.6) is 0 Å². The molecule has 2 N–H and O–H groups in total. The number of rotatable bonds is 6. The van der Waals surface area contributed by atoms with Gasteiger partial charge in [0.1, 0.15) is 6.54 Å². The molecule has 0 aliphatic heterocycles. The summed E-state index contributed by atoms with van der Waals surface area (Å²) in [6, 6.07) is 0.410. The maximum atomic E-state index is 11.6. The molecule has 5 heteroatoms. The smallest absolute Gasteiger partial charge is 0.241 e. The maximum Gasteiger partial charge on any atom is 0.241 e. The van der Waals surface area contributed by atoms with Crippen molar-refractivity contribution in [3.8, 4) is 0 Å². The van der Waals surface area contributed by atoms with Crippen LogP contribution in [-0.4, -0.2) is 28.3 Å². The van der Waals surface area contributed by atoms with Crippen molar-refractivity contribution < 1.29 is 4.79 Å². The Morgan fingerprint density at radius 3 is 2.84 bits per heavy atom. The molecule has 1 heterocycles. The molecule has 0 atom stereocenters. The second kappa shape index (κ2) is 5.63. The van der Waals surface area contributed by atoms with Crippen LogP contribution in [0.15, 0.2) is 12.4 Å². The molecule has 0 spiro atoms. The Balaban J connectivity index is 1.73. The van der Waals surface area contributed by atoms with Crippen LogP contribution in [0.3, 0.4) is 0 Å². The molecule has 0 bridgehead atoms. The molecular formula is C14H24N4O. The van der Waals surface area contributed by atoms with Crippen LogP contribution in [-0.2, 0) is 11.3 Å². The van der Waals surface area contributed by atoms with Crippen LogP contribution < -0.4 is 10.6 Å². The first-order valence-corrected chi connectivity index (χ1v) is 6.98. The maximum absolute atomic E-state index is 11.6. The summed E-state index contributed by atoms with van der Waals surface area (Å²) in [5.41, 5.74) is 1.30. The average molecular weight is 264 g/mol. The van der Waals surface area contributed by atoms with Gasteiger partial charge in [-0.05, 0) is 24.7 Å². The van der Waals surface area contributed by atoms with Crippen LogP contribution in [0.25, 0.3) is 0 Å². The van der Waals surface area contributed by atoms with Gasteiger partial charge in [0.05, 0.1) is 11.9 Å². The lowest BCUT2D eigenvalue weighted by Gasteiger charge is -2.17. The van der Waals surface area contributed by atoms with Gasteiger partial charge < -0.3 is 10.6 Å². The van der Waals surface area contributed by atoms with E-state index in [9.17, 15) is 4.79 Å². The highest BCUT2D eigenvalue weighted by molar-refractivity contribution is 5.76. The van der Waals surface area contributed by atoms with Crippen molar-refractivity contribution in [3.63, 3.8) is 0 Å². The first-order valence-electron chi connectivity index (χ1n) is 6.98. The molecule has 5 nitrogen and oxygen atoms in total. The highest BCUT2D eigenvalue weighted by Crippen LogP contribution is 2.19. The fraction of sp³-hybridized carbons (Fsp3) is 0.714. The fourth-order valence-corrected chi connectivity index (χ4v) is 1.77. The zero-order chi connectivity index (χ0) is 13.9. The number of hydrogen-bond acceptors (Lipinski definition) is 3. The highest BCUT2D eigenvalue weighted by atomic mass is 16.2. The summed E-state index contributed by atoms with van der Waals surface area (Å²) in [6.45, 7) is 7.89. The van der Waals surface area contributed by atoms with Crippen LogP contribution >= 0.6 is 0 Å². The van der Waals surface area contributed by atoms with E-state index in [2.05, 4.69) is 36.5 Å². The summed E-state index contributed by atoms with van der Waals surface area (Å²) < 4.78 is 1.68. The Labute approximate surface area is 114 Å². The largest absolute Gasteiger partial charge is 0.382 e. The van der Waals surface area contributed by atoms with E-state index in [1.165, 1.54) is 0 Å². The van der Waals surface area contributed by atoms with Gasteiger partial charge in [-0.15, -0.1) is 0 Å². The lowest BCUT2D eigenvalue weighted by atomic mass is 9.92. The van der Waals surface area contributed by atoms with Crippen molar-refractivity contribution in [1.29, 1.82) is 0 Å². The van der Waals surface area contributed by atoms with Crippen molar-refractivity contribution in [3.05, 3.63) is 12.4 Å². The first kappa shape index (κ1) is 13.9. The highest BCUT2D eigenvalue weighted by Gasteiger charge is 2.23. The van der Waals surface area contributed by atoms with Gasteiger partial charge in [0.25, 0.3) is 0 Å². The van der Waals surface area contributed by atoms with E-state index in [0.717, 1.165) is 31.5 Å². The number of amides is 1. The predicted molar refractivity (Wildman–Crippen MR) is 76.0 cm³/mol. The van der Waals surface area contributed by atoms with E-state index in [0.29, 0.717) is 18.0 Å². The second-order valence-corrected chi connectivity index (χ2v) is 6.51. The molecule has 0 unspecified atom stereocenters. The molecule has 106 valence electrons. The Hall–Kier alpha value is -1.52. The number of hydrogen-bond donors (Lipinski definition) is 2. The van der Waals surface area contributed by atoms with Crippen molar-refractivity contribution in [2.75, 3.05) is 11.9 Å². The summed E-state index contributed by atoms with van der Waals surface area (Å²) >= 11 is 0. The Bertz CT molecular complexity index is 429. The molecule has 2 rings (SSSR count). The van der Waals surface area contributed by atoms with Gasteiger partial charge in [-0.25, -0.2) is 0 Å². The Morgan fingerprint density at radius 2 is 2.21 bits per heavy atom. The average Bonchev–Trinajstić information content (AvgIpc) is 2.97. The lowest BCUT2D eigenvalue weighted by Crippen LogP contribution is -2.29. The SMILES string of the molecule is CC(C)(C)CCNc1cnn(CC(=O)NC2CC2)c1. The number of aromatic nitrogens is 2. The third kappa shape index (κ3) is 5.32. The molecular weight excluding hydrogens is 240 g/mol. The molecule has 1 saturated carbocycles. The normalized spacial score (nSPS) is 15.3. The number of anilines is 1. The molecule has 1 aromatic heterocycles. The standard InChI is InChI=1S/C14H24N4O/c1-14(2,3)6-7-15-12-8-16-18(9-12)10-13(19)17-11-4-5-11/h8-9,11,15H,4-7,10H2,1-3H3,(H,17,19). The molecule has 0 saturated heterocycles. The van der Waals surface area contributed by atoms with Crippen molar-refractivity contribution >= 4 is 11.6 Å². The third-order valence-corrected chi connectivity index (χ3v) is 3.09. The summed E-state index contributed by atoms with van der Waals surface area (Å²) in [4.78, 5) is 11.6. The summed E-state index contributed by atoms with van der Waals surface area (Å²) in [5.74, 6) is 0.0480. The van der Waals surface area contributed by atoms with Gasteiger partial charge in [-0.2, -0.15) is 5.10 Å². The number of carbonyl (C=O) groups is 1. The van der Waals surface area contributed by atoms with Gasteiger partial charge in [0, 0.05) is 18.8 Å². The summed E-state index contributed by atoms with van der Waals surface area (Å²) in [6.07, 6.45) is 6.98. The van der Waals surface area contributed by atoms with Crippen LogP contribution in [0.4, 0.5) is 5.69 Å². The van der Waals surface area contributed by atoms with E-state index in [1.54, 1.807) is 10.9 Å². The lowest BCUT2D eigenvalue weighted by molar-refractivity contribution is -0.122. The van der Waals surface area contributed by atoms with E-state index in [-0.39, 0.29) is 5.91 Å². The van der Waals surface area contributed by atoms with Gasteiger partial charge in [0.2, 0.25) is 5.91 Å². The predicted octanol–water partition coefficient (Wildman–Crippen LogP) is 2.01. The minimum atomic E-state index is 0.0480. The Kier molecular flexibility index (Phi) is 4.12. The molecule has 19 heavy (non-hydrogen) atoms. The second-order valence-electron chi connectivity index (χ2n) is 6.51. The summed E-state index contributed by atoms with van der Waals surface area (Å²) in [5, 5.41) is 10.5. The van der Waals surface area contributed by atoms with Crippen LogP contribution in [0.1, 0.15) is 40.0 Å². The zero-order valence-corrected chi connectivity index (χ0v) is 12.1. The van der Waals surface area contributed by atoms with Gasteiger partial charge in [-0.1, -0.05) is 20.8 Å². The Morgan fingerprint density at radius 1 is 1.47 bits per heavy atom. The van der Waals surface area contributed by atoms with Gasteiger partial charge in [-0.3, -0.25) is 9.48 Å². The van der Waals surface area contributed by atoms with Crippen molar-refractivity contribution in [2.45, 2.75) is 52.6 Å². The first-order chi connectivity index (χ1) is 8.92. The minimum Gasteiger partial charge on any atom is -0.382 e. The number of carbonyl (C=O) groups excluding carboxylic acids is 1. The van der Waals surface area contributed by atoms with E-state index in [4.69, 9.17) is 0 Å². The quantitative estimate of drug-likeness (QED) is 0.826. The molecule has 1 fully saturated rings. The van der Waals surface area contributed by atoms with Crippen LogP contribution in [0, 0.1) is 5.41 Å². The monoisotopic (exact) mass is 264 g/mol. The topological polar surface area (TPSA) is 59.0 Å². The van der Waals surface area contributed by atoms with Gasteiger partial charge >= 0.3 is 0 Å². The fourth-order valence-electron chi connectivity index (χ4n) is 1.77. The molecule has 1 aliphatic rings. The third-order valence-electron chi connectivity index (χ3n) is 3.09. The summed E-state index contributed by atoms with van der Waals surface area (Å²) in [7, 11) is 0. The molecule has 1 aliphatic carbocycles. The molecule has 1 amide bonds. The molecule has 1 aromatic rings. The van der Waals surface area contributed by atoms with E-state index >= 15 is 0 Å². The number of nitrogens with zero attached hydrogens (tertiary/aromatic N) is 2. The zero-order valence-electron chi connectivity index (χ0n) is 12.1. The van der Waals surface area contributed by atoms with Crippen molar-refractivity contribution in [1.82, 2.24) is 15.1 Å². The van der Waals surface area contributed by atoms with Gasteiger partial charge in [0.15, 0.2) is 0 Å². The molecule has 0 radical (unpaired) electrons. The molecule has 0 aromatic carbocycles. The van der Waals surface area contributed by atoms with E-state index < -0.39 is 0 Å². The minimum absolute atomic E-state index is 0.0480. The van der Waals surface area contributed by atoms with Crippen LogP contribution in [0.2, 0.25) is 0 Å². The van der Waals surface area contributed by atoms with Crippen molar-refractivity contribution in [2.24, 2.45) is 5.41 Å².